The number of allylic oxidation sites excluding steroid dienone is 8. The first-order chi connectivity index (χ1) is 33.2. The van der Waals surface area contributed by atoms with E-state index in [1.165, 1.54) is 6.92 Å². The van der Waals surface area contributed by atoms with Crippen LogP contribution in [0.15, 0.2) is 57.7 Å². The van der Waals surface area contributed by atoms with Crippen LogP contribution >= 0.6 is 0 Å². The molecule has 10 rings (SSSR count). The predicted molar refractivity (Wildman–Crippen MR) is 258 cm³/mol. The first-order valence-electron chi connectivity index (χ1n) is 26.3. The van der Waals surface area contributed by atoms with E-state index in [1.54, 1.807) is 6.92 Å². The number of ether oxygens (including phenoxy) is 1. The van der Waals surface area contributed by atoms with Crippen LogP contribution < -0.4 is 10.6 Å². The largest absolute Gasteiger partial charge is 0.385 e. The molecule has 0 aromatic carbocycles. The molecule has 5 N–H and O–H groups in total. The summed E-state index contributed by atoms with van der Waals surface area (Å²) in [5.74, 6) is -17.6. The molecule has 6 aliphatic carbocycles. The maximum atomic E-state index is 16.8. The van der Waals surface area contributed by atoms with Gasteiger partial charge in [0.05, 0.1) is 35.4 Å². The summed E-state index contributed by atoms with van der Waals surface area (Å²) in [5, 5.41) is 43.3. The van der Waals surface area contributed by atoms with Crippen LogP contribution in [0.25, 0.3) is 0 Å². The van der Waals surface area contributed by atoms with Crippen molar-refractivity contribution in [1.82, 2.24) is 10.6 Å². The maximum absolute atomic E-state index is 16.8. The highest BCUT2D eigenvalue weighted by Crippen LogP contribution is 2.70. The van der Waals surface area contributed by atoms with Gasteiger partial charge in [-0.25, -0.2) is 0 Å². The Morgan fingerprint density at radius 1 is 0.648 bits per heavy atom. The summed E-state index contributed by atoms with van der Waals surface area (Å²) in [5.41, 5.74) is -6.39. The van der Waals surface area contributed by atoms with E-state index in [0.717, 1.165) is 16.7 Å². The van der Waals surface area contributed by atoms with Gasteiger partial charge in [0.2, 0.25) is 17.6 Å². The molecule has 14 heteroatoms. The first-order valence-corrected chi connectivity index (χ1v) is 26.3. The Labute approximate surface area is 416 Å². The fourth-order valence-corrected chi connectivity index (χ4v) is 16.8. The lowest BCUT2D eigenvalue weighted by Gasteiger charge is -2.49. The molecule has 4 bridgehead atoms. The summed E-state index contributed by atoms with van der Waals surface area (Å²) in [6, 6.07) is -0.959. The Bertz CT molecular complexity index is 2650. The highest BCUT2D eigenvalue weighted by molar-refractivity contribution is 6.31. The number of Topliss-reactive ketones (excluding diaryl/α,β-unsaturated/α-hetero) is 6. The molecule has 1 saturated carbocycles. The minimum Gasteiger partial charge on any atom is -0.385 e. The predicted octanol–water partition coefficient (Wildman–Crippen LogP) is 4.63. The lowest BCUT2D eigenvalue weighted by Crippen LogP contribution is -2.62. The maximum Gasteiger partial charge on any atom is 0.235 e. The average Bonchev–Trinajstić information content (AvgIpc) is 4.05. The number of amides is 2. The normalized spacial score (nSPS) is 48.7. The molecular formula is C57H72N2O12. The molecule has 20 atom stereocenters. The average molecular weight is 977 g/mol. The molecule has 0 unspecified atom stereocenters. The fourth-order valence-electron chi connectivity index (χ4n) is 16.8. The van der Waals surface area contributed by atoms with Gasteiger partial charge in [-0.3, -0.25) is 38.4 Å². The van der Waals surface area contributed by atoms with Gasteiger partial charge in [0.1, 0.15) is 23.0 Å². The van der Waals surface area contributed by atoms with Gasteiger partial charge in [-0.05, 0) is 102 Å². The highest BCUT2D eigenvalue weighted by Gasteiger charge is 2.84. The van der Waals surface area contributed by atoms with Gasteiger partial charge in [-0.15, -0.1) is 0 Å². The van der Waals surface area contributed by atoms with Crippen LogP contribution in [0.4, 0.5) is 0 Å². The van der Waals surface area contributed by atoms with Gasteiger partial charge in [0.25, 0.3) is 0 Å². The molecule has 14 nitrogen and oxygen atoms in total. The Morgan fingerprint density at radius 2 is 1.11 bits per heavy atom. The number of ketones is 6. The molecule has 2 amide bonds. The van der Waals surface area contributed by atoms with Crippen LogP contribution in [0.1, 0.15) is 115 Å². The number of carbonyl (C=O) groups is 8. The Kier molecular flexibility index (Phi) is 11.6. The summed E-state index contributed by atoms with van der Waals surface area (Å²) in [7, 11) is 0. The van der Waals surface area contributed by atoms with Crippen LogP contribution in [-0.4, -0.2) is 104 Å². The van der Waals surface area contributed by atoms with Crippen LogP contribution in [0.2, 0.25) is 0 Å². The molecule has 4 heterocycles. The third kappa shape index (κ3) is 6.25. The van der Waals surface area contributed by atoms with Gasteiger partial charge in [0.15, 0.2) is 34.5 Å². The second kappa shape index (κ2) is 16.5. The smallest absolute Gasteiger partial charge is 0.235 e. The number of fused-ring (bicyclic) bond motifs is 13. The van der Waals surface area contributed by atoms with Crippen molar-refractivity contribution in [3.8, 4) is 0 Å². The van der Waals surface area contributed by atoms with E-state index in [1.807, 2.05) is 86.6 Å². The Hall–Kier alpha value is -4.50. The second-order valence-corrected chi connectivity index (χ2v) is 24.8. The lowest BCUT2D eigenvalue weighted by atomic mass is 9.49. The van der Waals surface area contributed by atoms with E-state index in [9.17, 15) is 15.3 Å². The Morgan fingerprint density at radius 3 is 1.59 bits per heavy atom. The van der Waals surface area contributed by atoms with E-state index in [-0.39, 0.29) is 60.5 Å². The van der Waals surface area contributed by atoms with Crippen molar-refractivity contribution in [2.45, 2.75) is 157 Å². The minimum absolute atomic E-state index is 0.0489. The third-order valence-corrected chi connectivity index (χ3v) is 20.0. The Balaban J connectivity index is 1.22. The second-order valence-electron chi connectivity index (χ2n) is 24.8. The van der Waals surface area contributed by atoms with Crippen molar-refractivity contribution in [3.05, 3.63) is 57.7 Å². The molecule has 0 aromatic heterocycles. The van der Waals surface area contributed by atoms with Crippen LogP contribution in [0, 0.1) is 87.3 Å². The van der Waals surface area contributed by atoms with E-state index in [4.69, 9.17) is 4.74 Å². The van der Waals surface area contributed by atoms with Gasteiger partial charge in [-0.1, -0.05) is 88.1 Å². The molecule has 2 spiro atoms. The molecule has 4 fully saturated rings. The summed E-state index contributed by atoms with van der Waals surface area (Å²) in [6.07, 6.45) is 2.06. The number of rotatable bonds is 4. The standard InChI is InChI=1S/C57H72N2O12/c1-22(2)16-32-39-28(9)26(7)20-30-18-24(5)12-14-34(60)44(62)36-37(48(64)55(30,39)52(68)58-32)46-38-41(47(36)71-46)54(11)43-42(57(70,49(38)65)51(54)67)45(63)35(61)15-13-25(6)19-31-21-27(8)29(10)40-33(17-23(3)4)59-53(69)56(31,40)50(43)66/h18-23,28-37,39-40,42-43,46-47,60-61,70H,12-17H2,1-11H3,(H,58,68)(H,59,69)/b24-18+,25-19+/t28-,29-,30+,31+,32+,33+,34-,35-,36-,37+,39+,40+,42-,43-,46-,47+,54-,55+,56+,57+/m1/s1. The van der Waals surface area contributed by atoms with Gasteiger partial charge < -0.3 is 30.7 Å². The molecule has 3 saturated heterocycles. The fraction of sp³-hybridized carbons (Fsp3) is 0.684. The van der Waals surface area contributed by atoms with Crippen LogP contribution in [-0.2, 0) is 43.1 Å². The van der Waals surface area contributed by atoms with Crippen molar-refractivity contribution in [3.63, 3.8) is 0 Å². The molecule has 4 aliphatic heterocycles. The molecule has 0 aromatic rings. The quantitative estimate of drug-likeness (QED) is 0.192. The van der Waals surface area contributed by atoms with Crippen LogP contribution in [0.5, 0.6) is 0 Å². The summed E-state index contributed by atoms with van der Waals surface area (Å²) in [6.45, 7) is 21.0. The zero-order valence-corrected chi connectivity index (χ0v) is 43.0. The molecule has 10 aliphatic rings. The van der Waals surface area contributed by atoms with Gasteiger partial charge >= 0.3 is 0 Å². The van der Waals surface area contributed by atoms with E-state index < -0.39 is 152 Å². The van der Waals surface area contributed by atoms with Crippen molar-refractivity contribution in [1.29, 1.82) is 0 Å². The topological polar surface area (TPSA) is 231 Å². The zero-order valence-electron chi connectivity index (χ0n) is 43.0. The van der Waals surface area contributed by atoms with E-state index >= 15 is 38.4 Å². The molecular weight excluding hydrogens is 905 g/mol. The number of aliphatic hydroxyl groups is 3. The summed E-state index contributed by atoms with van der Waals surface area (Å²) >= 11 is 0. The van der Waals surface area contributed by atoms with E-state index in [0.29, 0.717) is 18.4 Å². The van der Waals surface area contributed by atoms with Gasteiger partial charge in [-0.2, -0.15) is 0 Å². The van der Waals surface area contributed by atoms with Crippen molar-refractivity contribution >= 4 is 46.5 Å². The van der Waals surface area contributed by atoms with Crippen molar-refractivity contribution in [2.75, 3.05) is 0 Å². The lowest BCUT2D eigenvalue weighted by molar-refractivity contribution is -0.161. The van der Waals surface area contributed by atoms with E-state index in [2.05, 4.69) is 10.6 Å². The third-order valence-electron chi connectivity index (χ3n) is 20.0. The SMILES string of the molecule is CC1=C[C@@H]2/C=C(\C)CC[C@@H](O)C(=O)[C@H]3[C@H](C(=O)[C@]24C(=O)N[C@@H](CC(C)C)[C@@H]4[C@@H]1C)[C@H]1O[C@@H]3C2=C1C(=O)[C@]1(O)C(=O)[C@@]2(C)[C@H]2C(=O)[C@@]34C(=O)N[C@@H](CC(C)C)[C@@H]3[C@H](C)C(C)=C[C@@H]4/C=C(\C)CC[C@@H](O)C(=O)[C@@H]21. The van der Waals surface area contributed by atoms with Crippen molar-refractivity contribution < 1.29 is 58.4 Å². The number of hydrogen-bond donors (Lipinski definition) is 5. The number of hydrogen-bond acceptors (Lipinski definition) is 12. The number of nitrogens with one attached hydrogen (secondary N) is 2. The van der Waals surface area contributed by atoms with Crippen LogP contribution in [0.3, 0.4) is 0 Å². The van der Waals surface area contributed by atoms with Crippen molar-refractivity contribution in [2.24, 2.45) is 87.3 Å². The molecule has 0 radical (unpaired) electrons. The monoisotopic (exact) mass is 977 g/mol. The highest BCUT2D eigenvalue weighted by atomic mass is 16.5. The minimum atomic E-state index is -3.26. The van der Waals surface area contributed by atoms with Gasteiger partial charge in [0, 0.05) is 47.2 Å². The molecule has 71 heavy (non-hydrogen) atoms. The molecule has 382 valence electrons. The zero-order chi connectivity index (χ0) is 51.7. The number of aliphatic hydroxyl groups excluding tert-OH is 2. The first kappa shape index (κ1) is 50.1. The summed E-state index contributed by atoms with van der Waals surface area (Å²) < 4.78 is 6.77. The number of carbonyl (C=O) groups excluding carboxylic acids is 8. The summed E-state index contributed by atoms with van der Waals surface area (Å²) in [4.78, 5) is 126.